The van der Waals surface area contributed by atoms with Gasteiger partial charge in [0.15, 0.2) is 17.2 Å². The molecule has 0 fully saturated rings. The van der Waals surface area contributed by atoms with Crippen LogP contribution in [0.15, 0.2) is 18.3 Å². The molecule has 0 aliphatic carbocycles. The number of nitrogens with zero attached hydrogens (tertiary/aromatic N) is 3. The number of fused-ring (bicyclic) bond motifs is 1. The van der Waals surface area contributed by atoms with Crippen LogP contribution in [0.1, 0.15) is 10.5 Å². The molecule has 0 saturated carbocycles. The summed E-state index contributed by atoms with van der Waals surface area (Å²) in [6, 6.07) is 3.39. The minimum atomic E-state index is -0.635. The largest absolute Gasteiger partial charge is 0.382 e. The monoisotopic (exact) mass is 177 g/mol. The minimum Gasteiger partial charge on any atom is -0.382 e. The number of carbonyl (C=O) groups excluding carboxylic acids is 1. The number of rotatable bonds is 1. The standard InChI is InChI=1S/C7H7N5O/c8-6-5(7(9)13)12-4(11-6)2-1-3-10-12/h1-3H,8H2,(H2,9,13). The third-order valence-electron chi connectivity index (χ3n) is 1.65. The summed E-state index contributed by atoms with van der Waals surface area (Å²) in [5, 5.41) is 3.90. The van der Waals surface area contributed by atoms with Gasteiger partial charge in [0, 0.05) is 6.20 Å². The second kappa shape index (κ2) is 2.44. The SMILES string of the molecule is NC(=O)c1c(N)nc2cccnn12. The summed E-state index contributed by atoms with van der Waals surface area (Å²) in [5.74, 6) is -0.532. The van der Waals surface area contributed by atoms with Gasteiger partial charge in [0.25, 0.3) is 5.91 Å². The fraction of sp³-hybridized carbons (Fsp3) is 0. The maximum atomic E-state index is 10.9. The first-order chi connectivity index (χ1) is 6.20. The zero-order valence-electron chi connectivity index (χ0n) is 6.64. The molecule has 6 heteroatoms. The molecule has 0 saturated heterocycles. The molecule has 2 aromatic rings. The zero-order valence-corrected chi connectivity index (χ0v) is 6.64. The maximum absolute atomic E-state index is 10.9. The van der Waals surface area contributed by atoms with E-state index in [2.05, 4.69) is 10.1 Å². The lowest BCUT2D eigenvalue weighted by Gasteiger charge is -1.94. The Morgan fingerprint density at radius 3 is 3.00 bits per heavy atom. The van der Waals surface area contributed by atoms with Gasteiger partial charge in [-0.05, 0) is 12.1 Å². The number of hydrogen-bond donors (Lipinski definition) is 2. The van der Waals surface area contributed by atoms with E-state index in [0.717, 1.165) is 0 Å². The molecule has 0 radical (unpaired) electrons. The summed E-state index contributed by atoms with van der Waals surface area (Å²) in [7, 11) is 0. The average Bonchev–Trinajstić information content (AvgIpc) is 2.39. The van der Waals surface area contributed by atoms with Gasteiger partial charge in [-0.2, -0.15) is 5.10 Å². The number of nitrogens with two attached hydrogens (primary N) is 2. The Kier molecular flexibility index (Phi) is 1.42. The first-order valence-corrected chi connectivity index (χ1v) is 3.59. The molecule has 0 aromatic carbocycles. The summed E-state index contributed by atoms with van der Waals surface area (Å²) in [4.78, 5) is 14.9. The molecule has 13 heavy (non-hydrogen) atoms. The molecular weight excluding hydrogens is 170 g/mol. The van der Waals surface area contributed by atoms with Crippen LogP contribution < -0.4 is 11.5 Å². The number of nitrogen functional groups attached to an aromatic ring is 1. The van der Waals surface area contributed by atoms with Gasteiger partial charge in [-0.25, -0.2) is 9.50 Å². The van der Waals surface area contributed by atoms with Crippen molar-refractivity contribution in [2.45, 2.75) is 0 Å². The lowest BCUT2D eigenvalue weighted by atomic mass is 10.4. The summed E-state index contributed by atoms with van der Waals surface area (Å²) >= 11 is 0. The van der Waals surface area contributed by atoms with Crippen molar-refractivity contribution in [2.75, 3.05) is 5.73 Å². The van der Waals surface area contributed by atoms with Gasteiger partial charge in [-0.15, -0.1) is 0 Å². The molecule has 66 valence electrons. The second-order valence-corrected chi connectivity index (χ2v) is 2.50. The smallest absolute Gasteiger partial charge is 0.271 e. The molecule has 0 bridgehead atoms. The van der Waals surface area contributed by atoms with Crippen LogP contribution in [0, 0.1) is 0 Å². The van der Waals surface area contributed by atoms with Crippen molar-refractivity contribution < 1.29 is 4.79 Å². The van der Waals surface area contributed by atoms with E-state index in [1.165, 1.54) is 10.7 Å². The van der Waals surface area contributed by atoms with Gasteiger partial charge in [-0.3, -0.25) is 4.79 Å². The van der Waals surface area contributed by atoms with Crippen LogP contribution in [0.3, 0.4) is 0 Å². The Labute approximate surface area is 73.2 Å². The molecular formula is C7H7N5O. The van der Waals surface area contributed by atoms with E-state index in [4.69, 9.17) is 11.5 Å². The Hall–Kier alpha value is -2.11. The summed E-state index contributed by atoms with van der Waals surface area (Å²) in [6.07, 6.45) is 1.53. The van der Waals surface area contributed by atoms with E-state index < -0.39 is 5.91 Å². The summed E-state index contributed by atoms with van der Waals surface area (Å²) in [6.45, 7) is 0. The van der Waals surface area contributed by atoms with Crippen molar-refractivity contribution in [3.8, 4) is 0 Å². The van der Waals surface area contributed by atoms with Crippen molar-refractivity contribution in [3.63, 3.8) is 0 Å². The van der Waals surface area contributed by atoms with Crippen LogP contribution >= 0.6 is 0 Å². The lowest BCUT2D eigenvalue weighted by molar-refractivity contribution is 0.0994. The van der Waals surface area contributed by atoms with Gasteiger partial charge in [0.2, 0.25) is 0 Å². The number of aromatic nitrogens is 3. The van der Waals surface area contributed by atoms with Gasteiger partial charge >= 0.3 is 0 Å². The third kappa shape index (κ3) is 0.994. The Balaban J connectivity index is 2.86. The van der Waals surface area contributed by atoms with Crippen LogP contribution in [-0.4, -0.2) is 20.5 Å². The highest BCUT2D eigenvalue weighted by atomic mass is 16.1. The molecule has 4 N–H and O–H groups in total. The summed E-state index contributed by atoms with van der Waals surface area (Å²) in [5.41, 5.74) is 11.2. The molecule has 1 amide bonds. The molecule has 6 nitrogen and oxygen atoms in total. The van der Waals surface area contributed by atoms with Gasteiger partial charge in [-0.1, -0.05) is 0 Å². The molecule has 0 spiro atoms. The van der Waals surface area contributed by atoms with Crippen LogP contribution in [-0.2, 0) is 0 Å². The predicted octanol–water partition coefficient (Wildman–Crippen LogP) is -0.590. The lowest BCUT2D eigenvalue weighted by Crippen LogP contribution is -2.16. The highest BCUT2D eigenvalue weighted by molar-refractivity contribution is 5.96. The normalized spacial score (nSPS) is 10.5. The van der Waals surface area contributed by atoms with Gasteiger partial charge in [0.1, 0.15) is 0 Å². The molecule has 0 atom stereocenters. The van der Waals surface area contributed by atoms with Crippen LogP contribution in [0.25, 0.3) is 5.65 Å². The first-order valence-electron chi connectivity index (χ1n) is 3.59. The van der Waals surface area contributed by atoms with Gasteiger partial charge in [0.05, 0.1) is 0 Å². The Morgan fingerprint density at radius 2 is 2.31 bits per heavy atom. The van der Waals surface area contributed by atoms with Crippen molar-refractivity contribution >= 4 is 17.4 Å². The van der Waals surface area contributed by atoms with E-state index in [1.54, 1.807) is 12.1 Å². The molecule has 0 unspecified atom stereocenters. The van der Waals surface area contributed by atoms with Crippen LogP contribution in [0.4, 0.5) is 5.82 Å². The van der Waals surface area contributed by atoms with Crippen LogP contribution in [0.2, 0.25) is 0 Å². The van der Waals surface area contributed by atoms with E-state index in [1.807, 2.05) is 0 Å². The number of primary amides is 1. The highest BCUT2D eigenvalue weighted by Crippen LogP contribution is 2.11. The molecule has 2 heterocycles. The highest BCUT2D eigenvalue weighted by Gasteiger charge is 2.14. The van der Waals surface area contributed by atoms with E-state index in [0.29, 0.717) is 5.65 Å². The fourth-order valence-corrected chi connectivity index (χ4v) is 1.14. The topological polar surface area (TPSA) is 99.3 Å². The second-order valence-electron chi connectivity index (χ2n) is 2.50. The van der Waals surface area contributed by atoms with Crippen molar-refractivity contribution in [2.24, 2.45) is 5.73 Å². The number of carbonyl (C=O) groups is 1. The molecule has 0 aliphatic heterocycles. The van der Waals surface area contributed by atoms with Crippen molar-refractivity contribution in [1.29, 1.82) is 0 Å². The minimum absolute atomic E-state index is 0.103. The maximum Gasteiger partial charge on any atom is 0.271 e. The quantitative estimate of drug-likeness (QED) is 0.608. The number of hydrogen-bond acceptors (Lipinski definition) is 4. The van der Waals surface area contributed by atoms with Crippen molar-refractivity contribution in [1.82, 2.24) is 14.6 Å². The number of amides is 1. The third-order valence-corrected chi connectivity index (χ3v) is 1.65. The molecule has 2 aromatic heterocycles. The predicted molar refractivity (Wildman–Crippen MR) is 45.9 cm³/mol. The Morgan fingerprint density at radius 1 is 1.54 bits per heavy atom. The van der Waals surface area contributed by atoms with Crippen LogP contribution in [0.5, 0.6) is 0 Å². The molecule has 0 aliphatic rings. The number of anilines is 1. The number of imidazole rings is 1. The summed E-state index contributed by atoms with van der Waals surface area (Å²) < 4.78 is 1.32. The Bertz CT molecular complexity index is 475. The zero-order chi connectivity index (χ0) is 9.42. The molecule has 2 rings (SSSR count). The van der Waals surface area contributed by atoms with E-state index in [9.17, 15) is 4.79 Å². The fourth-order valence-electron chi connectivity index (χ4n) is 1.14. The first kappa shape index (κ1) is 7.53. The average molecular weight is 177 g/mol. The van der Waals surface area contributed by atoms with Crippen molar-refractivity contribution in [3.05, 3.63) is 24.0 Å². The van der Waals surface area contributed by atoms with E-state index in [-0.39, 0.29) is 11.5 Å². The van der Waals surface area contributed by atoms with Gasteiger partial charge < -0.3 is 11.5 Å². The van der Waals surface area contributed by atoms with E-state index >= 15 is 0 Å².